The lowest BCUT2D eigenvalue weighted by molar-refractivity contribution is -0.136. The van der Waals surface area contributed by atoms with Gasteiger partial charge in [0.2, 0.25) is 5.91 Å². The largest absolute Gasteiger partial charge is 0.378 e. The summed E-state index contributed by atoms with van der Waals surface area (Å²) in [6.07, 6.45) is 9.88. The molecule has 0 saturated carbocycles. The van der Waals surface area contributed by atoms with E-state index in [0.717, 1.165) is 63.4 Å². The number of amides is 1. The van der Waals surface area contributed by atoms with Crippen LogP contribution in [0.2, 0.25) is 0 Å². The second kappa shape index (κ2) is 10.4. The Labute approximate surface area is 237 Å². The second-order valence-corrected chi connectivity index (χ2v) is 10.6. The number of morpholine rings is 1. The second-order valence-electron chi connectivity index (χ2n) is 10.6. The Morgan fingerprint density at radius 3 is 2.54 bits per heavy atom. The van der Waals surface area contributed by atoms with Crippen molar-refractivity contribution in [3.05, 3.63) is 77.9 Å². The Bertz CT molecular complexity index is 1730. The topological polar surface area (TPSA) is 109 Å². The molecule has 1 saturated heterocycles. The van der Waals surface area contributed by atoms with Crippen molar-refractivity contribution in [1.82, 2.24) is 44.2 Å². The first-order chi connectivity index (χ1) is 20.0. The molecule has 1 aromatic carbocycles. The number of fused-ring (bicyclic) bond motifs is 3. The number of carbonyl (C=O) groups is 1. The number of aromatic nitrogens is 8. The van der Waals surface area contributed by atoms with E-state index in [1.54, 1.807) is 4.68 Å². The van der Waals surface area contributed by atoms with Crippen LogP contribution in [0.4, 0.5) is 0 Å². The molecule has 7 rings (SSSR count). The Balaban J connectivity index is 1.14. The van der Waals surface area contributed by atoms with Crippen LogP contribution in [0, 0.1) is 0 Å². The molecule has 0 N–H and O–H groups in total. The van der Waals surface area contributed by atoms with E-state index in [9.17, 15) is 4.79 Å². The van der Waals surface area contributed by atoms with E-state index in [-0.39, 0.29) is 12.5 Å². The fraction of sp³-hybridized carbons (Fsp3) is 0.333. The van der Waals surface area contributed by atoms with Gasteiger partial charge in [-0.2, -0.15) is 15.3 Å². The molecule has 11 heteroatoms. The van der Waals surface area contributed by atoms with Gasteiger partial charge in [-0.05, 0) is 30.0 Å². The van der Waals surface area contributed by atoms with Gasteiger partial charge in [-0.15, -0.1) is 0 Å². The number of benzene rings is 1. The van der Waals surface area contributed by atoms with Crippen molar-refractivity contribution in [2.24, 2.45) is 14.1 Å². The van der Waals surface area contributed by atoms with E-state index in [1.165, 1.54) is 0 Å². The molecule has 0 bridgehead atoms. The lowest BCUT2D eigenvalue weighted by Crippen LogP contribution is -2.42. The minimum Gasteiger partial charge on any atom is -0.378 e. The molecular weight excluding hydrogens is 518 g/mol. The molecule has 5 aromatic rings. The number of hydrogen-bond acceptors (Lipinski definition) is 7. The number of rotatable bonds is 6. The van der Waals surface area contributed by atoms with E-state index in [0.29, 0.717) is 38.5 Å². The van der Waals surface area contributed by atoms with E-state index in [4.69, 9.17) is 14.8 Å². The molecule has 1 amide bonds. The molecule has 5 heterocycles. The van der Waals surface area contributed by atoms with Gasteiger partial charge in [0.15, 0.2) is 0 Å². The van der Waals surface area contributed by atoms with Gasteiger partial charge < -0.3 is 9.64 Å². The van der Waals surface area contributed by atoms with Gasteiger partial charge in [-0.1, -0.05) is 24.3 Å². The van der Waals surface area contributed by atoms with Gasteiger partial charge in [0, 0.05) is 62.5 Å². The molecule has 41 heavy (non-hydrogen) atoms. The first-order valence-corrected chi connectivity index (χ1v) is 13.9. The summed E-state index contributed by atoms with van der Waals surface area (Å²) in [6.45, 7) is 2.64. The fourth-order valence-corrected chi connectivity index (χ4v) is 5.71. The van der Waals surface area contributed by atoms with Crippen LogP contribution in [0.15, 0.2) is 55.1 Å². The number of nitrogens with zero attached hydrogens (tertiary/aromatic N) is 9. The summed E-state index contributed by atoms with van der Waals surface area (Å²) in [7, 11) is 3.92. The van der Waals surface area contributed by atoms with Crippen molar-refractivity contribution in [2.75, 3.05) is 26.3 Å². The van der Waals surface area contributed by atoms with Gasteiger partial charge in [-0.25, -0.2) is 9.97 Å². The smallest absolute Gasteiger partial charge is 0.244 e. The number of hydrogen-bond donors (Lipinski definition) is 0. The molecule has 1 fully saturated rings. The Morgan fingerprint density at radius 1 is 0.951 bits per heavy atom. The Hall–Kier alpha value is -4.64. The highest BCUT2D eigenvalue weighted by atomic mass is 16.5. The van der Waals surface area contributed by atoms with Crippen molar-refractivity contribution in [1.29, 1.82) is 0 Å². The average Bonchev–Trinajstić information content (AvgIpc) is 3.71. The SMILES string of the molecule is Cn1cc(-c2ccc(-c3c4c(nn3C)CCc3cnc(Cc5ccn(CC(=O)N6CCOCC6)n5)nc3-4)cc2)cn1. The maximum absolute atomic E-state index is 12.6. The minimum atomic E-state index is 0.0538. The summed E-state index contributed by atoms with van der Waals surface area (Å²) in [4.78, 5) is 24.2. The minimum absolute atomic E-state index is 0.0538. The molecule has 1 aliphatic carbocycles. The van der Waals surface area contributed by atoms with Crippen LogP contribution in [-0.2, 0) is 49.4 Å². The molecule has 0 atom stereocenters. The van der Waals surface area contributed by atoms with Gasteiger partial charge in [0.05, 0.1) is 48.6 Å². The van der Waals surface area contributed by atoms with Crippen LogP contribution < -0.4 is 0 Å². The maximum Gasteiger partial charge on any atom is 0.244 e. The molecule has 0 spiro atoms. The molecule has 4 aromatic heterocycles. The van der Waals surface area contributed by atoms with Crippen LogP contribution >= 0.6 is 0 Å². The quantitative estimate of drug-likeness (QED) is 0.320. The first kappa shape index (κ1) is 25.3. The third-order valence-electron chi connectivity index (χ3n) is 7.79. The number of ether oxygens (including phenoxy) is 1. The van der Waals surface area contributed by atoms with Crippen LogP contribution in [-0.4, -0.2) is 76.4 Å². The highest BCUT2D eigenvalue weighted by Gasteiger charge is 2.27. The zero-order valence-corrected chi connectivity index (χ0v) is 23.2. The molecule has 11 nitrogen and oxygen atoms in total. The van der Waals surface area contributed by atoms with Gasteiger partial charge in [0.1, 0.15) is 12.4 Å². The lowest BCUT2D eigenvalue weighted by atomic mass is 9.91. The van der Waals surface area contributed by atoms with Gasteiger partial charge >= 0.3 is 0 Å². The van der Waals surface area contributed by atoms with Gasteiger partial charge in [-0.3, -0.25) is 18.8 Å². The van der Waals surface area contributed by atoms with Crippen molar-refractivity contribution in [2.45, 2.75) is 25.8 Å². The van der Waals surface area contributed by atoms with E-state index < -0.39 is 0 Å². The monoisotopic (exact) mass is 549 g/mol. The summed E-state index contributed by atoms with van der Waals surface area (Å²) < 4.78 is 10.8. The van der Waals surface area contributed by atoms with E-state index in [1.807, 2.05) is 59.2 Å². The van der Waals surface area contributed by atoms with Crippen molar-refractivity contribution >= 4 is 5.91 Å². The van der Waals surface area contributed by atoms with Crippen molar-refractivity contribution in [3.8, 4) is 33.6 Å². The normalized spacial score (nSPS) is 14.6. The number of aryl methyl sites for hydroxylation is 4. The summed E-state index contributed by atoms with van der Waals surface area (Å²) in [5, 5.41) is 13.8. The summed E-state index contributed by atoms with van der Waals surface area (Å²) in [6, 6.07) is 10.5. The molecule has 0 unspecified atom stereocenters. The standard InChI is InChI=1S/C30H31N9O2/c1-36-18-23(17-32-36)20-3-5-21(6-4-20)30-28-25(35-37(30)2)8-7-22-16-31-26(33-29(22)28)15-24-9-10-39(34-24)19-27(40)38-11-13-41-14-12-38/h3-6,9-10,16-18H,7-8,11-15,19H2,1-2H3. The van der Waals surface area contributed by atoms with Crippen LogP contribution in [0.5, 0.6) is 0 Å². The van der Waals surface area contributed by atoms with Crippen LogP contribution in [0.3, 0.4) is 0 Å². The third kappa shape index (κ3) is 4.93. The molecule has 0 radical (unpaired) electrons. The molecule has 2 aliphatic rings. The Kier molecular flexibility index (Phi) is 6.43. The summed E-state index contributed by atoms with van der Waals surface area (Å²) in [5.41, 5.74) is 9.38. The fourth-order valence-electron chi connectivity index (χ4n) is 5.71. The van der Waals surface area contributed by atoms with Gasteiger partial charge in [0.25, 0.3) is 0 Å². The highest BCUT2D eigenvalue weighted by Crippen LogP contribution is 2.39. The highest BCUT2D eigenvalue weighted by molar-refractivity contribution is 5.84. The predicted octanol–water partition coefficient (Wildman–Crippen LogP) is 2.69. The summed E-state index contributed by atoms with van der Waals surface area (Å²) >= 11 is 0. The zero-order chi connectivity index (χ0) is 27.9. The van der Waals surface area contributed by atoms with Crippen LogP contribution in [0.25, 0.3) is 33.6 Å². The van der Waals surface area contributed by atoms with Crippen LogP contribution in [0.1, 0.15) is 22.8 Å². The molecular formula is C30H31N9O2. The third-order valence-corrected chi connectivity index (χ3v) is 7.79. The predicted molar refractivity (Wildman–Crippen MR) is 152 cm³/mol. The van der Waals surface area contributed by atoms with Crippen molar-refractivity contribution in [3.63, 3.8) is 0 Å². The lowest BCUT2D eigenvalue weighted by Gasteiger charge is -2.26. The van der Waals surface area contributed by atoms with E-state index in [2.05, 4.69) is 39.4 Å². The van der Waals surface area contributed by atoms with Crippen molar-refractivity contribution < 1.29 is 9.53 Å². The summed E-state index contributed by atoms with van der Waals surface area (Å²) in [5.74, 6) is 0.751. The number of carbonyl (C=O) groups excluding carboxylic acids is 1. The molecule has 1 aliphatic heterocycles. The Morgan fingerprint density at radius 2 is 1.76 bits per heavy atom. The average molecular weight is 550 g/mol. The van der Waals surface area contributed by atoms with E-state index >= 15 is 0 Å². The zero-order valence-electron chi connectivity index (χ0n) is 23.2. The molecule has 208 valence electrons. The first-order valence-electron chi connectivity index (χ1n) is 13.9. The maximum atomic E-state index is 12.6.